The van der Waals surface area contributed by atoms with E-state index in [0.717, 1.165) is 12.8 Å². The molecule has 0 atom stereocenters. The first kappa shape index (κ1) is 15.9. The Balaban J connectivity index is 2.61. The highest BCUT2D eigenvalue weighted by molar-refractivity contribution is 5.80. The molecule has 0 bridgehead atoms. The van der Waals surface area contributed by atoms with Gasteiger partial charge in [0.2, 0.25) is 5.91 Å². The Labute approximate surface area is 116 Å². The molecule has 1 aliphatic rings. The van der Waals surface area contributed by atoms with Crippen molar-refractivity contribution in [2.24, 2.45) is 0 Å². The zero-order valence-corrected chi connectivity index (χ0v) is 12.0. The van der Waals surface area contributed by atoms with Gasteiger partial charge in [-0.1, -0.05) is 12.2 Å². The van der Waals surface area contributed by atoms with Crippen LogP contribution in [0.25, 0.3) is 0 Å². The Kier molecular flexibility index (Phi) is 7.45. The van der Waals surface area contributed by atoms with Crippen molar-refractivity contribution in [2.75, 3.05) is 32.8 Å². The highest BCUT2D eigenvalue weighted by Gasteiger charge is 2.19. The summed E-state index contributed by atoms with van der Waals surface area (Å²) >= 11 is 0. The van der Waals surface area contributed by atoms with Gasteiger partial charge in [0.15, 0.2) is 0 Å². The first-order valence-corrected chi connectivity index (χ1v) is 7.16. The summed E-state index contributed by atoms with van der Waals surface area (Å²) in [7, 11) is 0. The molecule has 0 saturated carbocycles. The molecule has 0 saturated heterocycles. The Morgan fingerprint density at radius 3 is 2.84 bits per heavy atom. The molecule has 4 nitrogen and oxygen atoms in total. The topological polar surface area (TPSA) is 43.8 Å². The van der Waals surface area contributed by atoms with Gasteiger partial charge in [0, 0.05) is 25.3 Å². The number of nitrogens with zero attached hydrogens (tertiary/aromatic N) is 2. The van der Waals surface area contributed by atoms with Crippen molar-refractivity contribution in [3.63, 3.8) is 0 Å². The lowest BCUT2D eigenvalue weighted by atomic mass is 10.0. The highest BCUT2D eigenvalue weighted by Crippen LogP contribution is 2.21. The summed E-state index contributed by atoms with van der Waals surface area (Å²) in [5.41, 5.74) is 1.17. The van der Waals surface area contributed by atoms with Crippen LogP contribution in [0.4, 0.5) is 0 Å². The molecule has 0 unspecified atom stereocenters. The zero-order chi connectivity index (χ0) is 14.1. The number of hydrogen-bond acceptors (Lipinski definition) is 3. The maximum Gasteiger partial charge on any atom is 0.240 e. The summed E-state index contributed by atoms with van der Waals surface area (Å²) in [6.45, 7) is 7.96. The minimum atomic E-state index is 0.0654. The largest absolute Gasteiger partial charge is 0.395 e. The number of likely N-dealkylation sites (N-methyl/N-ethyl adjacent to an activating group) is 1. The van der Waals surface area contributed by atoms with Crippen molar-refractivity contribution in [2.45, 2.75) is 32.6 Å². The Morgan fingerprint density at radius 1 is 1.53 bits per heavy atom. The van der Waals surface area contributed by atoms with Gasteiger partial charge in [0.25, 0.3) is 0 Å². The third-order valence-corrected chi connectivity index (χ3v) is 3.39. The van der Waals surface area contributed by atoms with Gasteiger partial charge in [-0.25, -0.2) is 0 Å². The van der Waals surface area contributed by atoms with Crippen LogP contribution in [0.1, 0.15) is 32.6 Å². The minimum Gasteiger partial charge on any atom is -0.395 e. The van der Waals surface area contributed by atoms with Crippen LogP contribution in [0.15, 0.2) is 24.4 Å². The van der Waals surface area contributed by atoms with E-state index in [0.29, 0.717) is 26.2 Å². The number of carbonyl (C=O) groups is 1. The van der Waals surface area contributed by atoms with E-state index in [4.69, 9.17) is 5.11 Å². The molecule has 108 valence electrons. The molecule has 1 N–H and O–H groups in total. The van der Waals surface area contributed by atoms with E-state index in [1.54, 1.807) is 6.08 Å². The maximum atomic E-state index is 12.4. The quantitative estimate of drug-likeness (QED) is 0.681. The zero-order valence-electron chi connectivity index (χ0n) is 12.0. The van der Waals surface area contributed by atoms with Crippen LogP contribution in [0.2, 0.25) is 0 Å². The van der Waals surface area contributed by atoms with Crippen LogP contribution in [0.3, 0.4) is 0 Å². The van der Waals surface area contributed by atoms with Gasteiger partial charge in [-0.2, -0.15) is 0 Å². The number of allylic oxidation sites excluding steroid dienone is 2. The molecule has 4 heteroatoms. The second kappa shape index (κ2) is 8.88. The average Bonchev–Trinajstić information content (AvgIpc) is 2.41. The SMILES string of the molecule is C=CCN(CCO)CC(=O)N(CC)C1=CCCCC1. The van der Waals surface area contributed by atoms with Gasteiger partial charge in [-0.05, 0) is 32.6 Å². The monoisotopic (exact) mass is 266 g/mol. The number of aliphatic hydroxyl groups excluding tert-OH is 1. The summed E-state index contributed by atoms with van der Waals surface area (Å²) in [4.78, 5) is 16.2. The van der Waals surface area contributed by atoms with Crippen molar-refractivity contribution in [1.29, 1.82) is 0 Å². The van der Waals surface area contributed by atoms with Crippen LogP contribution < -0.4 is 0 Å². The molecule has 0 aromatic heterocycles. The molecular weight excluding hydrogens is 240 g/mol. The number of carbonyl (C=O) groups excluding carboxylic acids is 1. The number of aliphatic hydroxyl groups is 1. The molecule has 1 amide bonds. The lowest BCUT2D eigenvalue weighted by Gasteiger charge is -2.29. The average molecular weight is 266 g/mol. The van der Waals surface area contributed by atoms with Crippen molar-refractivity contribution in [1.82, 2.24) is 9.80 Å². The van der Waals surface area contributed by atoms with Gasteiger partial charge in [-0.3, -0.25) is 9.69 Å². The molecule has 0 aliphatic heterocycles. The predicted octanol–water partition coefficient (Wildman–Crippen LogP) is 1.77. The van der Waals surface area contributed by atoms with Crippen LogP contribution in [-0.2, 0) is 4.79 Å². The third kappa shape index (κ3) is 5.17. The summed E-state index contributed by atoms with van der Waals surface area (Å²) < 4.78 is 0. The van der Waals surface area contributed by atoms with Crippen LogP contribution >= 0.6 is 0 Å². The number of rotatable bonds is 8. The fraction of sp³-hybridized carbons (Fsp3) is 0.667. The normalized spacial score (nSPS) is 15.2. The smallest absolute Gasteiger partial charge is 0.240 e. The molecule has 0 spiro atoms. The molecule has 1 rings (SSSR count). The van der Waals surface area contributed by atoms with E-state index in [9.17, 15) is 4.79 Å². The van der Waals surface area contributed by atoms with E-state index in [1.807, 2.05) is 16.7 Å². The van der Waals surface area contributed by atoms with E-state index in [-0.39, 0.29) is 12.5 Å². The summed E-state index contributed by atoms with van der Waals surface area (Å²) in [5.74, 6) is 0.117. The standard InChI is InChI=1S/C15H26N2O2/c1-3-10-16(11-12-18)13-15(19)17(4-2)14-8-6-5-7-9-14/h3,8,18H,1,4-7,9-13H2,2H3. The molecule has 0 heterocycles. The Hall–Kier alpha value is -1.13. The molecule has 19 heavy (non-hydrogen) atoms. The van der Waals surface area contributed by atoms with Gasteiger partial charge >= 0.3 is 0 Å². The Morgan fingerprint density at radius 2 is 2.32 bits per heavy atom. The minimum absolute atomic E-state index is 0.0654. The maximum absolute atomic E-state index is 12.4. The fourth-order valence-electron chi connectivity index (χ4n) is 2.44. The van der Waals surface area contributed by atoms with Crippen LogP contribution in [0, 0.1) is 0 Å². The van der Waals surface area contributed by atoms with Crippen molar-refractivity contribution in [3.8, 4) is 0 Å². The lowest BCUT2D eigenvalue weighted by molar-refractivity contribution is -0.130. The number of hydrogen-bond donors (Lipinski definition) is 1. The van der Waals surface area contributed by atoms with Gasteiger partial charge < -0.3 is 10.0 Å². The van der Waals surface area contributed by atoms with Crippen molar-refractivity contribution < 1.29 is 9.90 Å². The van der Waals surface area contributed by atoms with Crippen molar-refractivity contribution in [3.05, 3.63) is 24.4 Å². The number of amides is 1. The van der Waals surface area contributed by atoms with Gasteiger partial charge in [0.05, 0.1) is 13.2 Å². The fourth-order valence-corrected chi connectivity index (χ4v) is 2.44. The van der Waals surface area contributed by atoms with E-state index in [1.165, 1.54) is 18.5 Å². The highest BCUT2D eigenvalue weighted by atomic mass is 16.3. The molecule has 1 aliphatic carbocycles. The van der Waals surface area contributed by atoms with E-state index < -0.39 is 0 Å². The van der Waals surface area contributed by atoms with Crippen LogP contribution in [0.5, 0.6) is 0 Å². The first-order valence-electron chi connectivity index (χ1n) is 7.16. The second-order valence-corrected chi connectivity index (χ2v) is 4.83. The predicted molar refractivity (Wildman–Crippen MR) is 77.7 cm³/mol. The summed E-state index contributed by atoms with van der Waals surface area (Å²) in [6.07, 6.45) is 8.42. The molecule has 0 radical (unpaired) electrons. The Bertz CT molecular complexity index is 326. The van der Waals surface area contributed by atoms with Gasteiger partial charge in [-0.15, -0.1) is 6.58 Å². The van der Waals surface area contributed by atoms with Crippen LogP contribution in [-0.4, -0.2) is 53.6 Å². The van der Waals surface area contributed by atoms with E-state index >= 15 is 0 Å². The first-order chi connectivity index (χ1) is 9.22. The summed E-state index contributed by atoms with van der Waals surface area (Å²) in [5, 5.41) is 9.01. The second-order valence-electron chi connectivity index (χ2n) is 4.83. The molecule has 0 fully saturated rings. The van der Waals surface area contributed by atoms with E-state index in [2.05, 4.69) is 12.7 Å². The lowest BCUT2D eigenvalue weighted by Crippen LogP contribution is -2.41. The van der Waals surface area contributed by atoms with Crippen molar-refractivity contribution >= 4 is 5.91 Å². The molecule has 0 aromatic rings. The molecule has 0 aromatic carbocycles. The van der Waals surface area contributed by atoms with Gasteiger partial charge in [0.1, 0.15) is 0 Å². The summed E-state index contributed by atoms with van der Waals surface area (Å²) in [6, 6.07) is 0. The molecular formula is C15H26N2O2. The third-order valence-electron chi connectivity index (χ3n) is 3.39.